The van der Waals surface area contributed by atoms with Crippen LogP contribution in [0.2, 0.25) is 0 Å². The third-order valence-electron chi connectivity index (χ3n) is 3.11. The highest BCUT2D eigenvalue weighted by molar-refractivity contribution is 5.99. The molecule has 7 heteroatoms. The van der Waals surface area contributed by atoms with Crippen molar-refractivity contribution in [3.63, 3.8) is 0 Å². The van der Waals surface area contributed by atoms with E-state index in [-0.39, 0.29) is 11.7 Å². The maximum absolute atomic E-state index is 13.1. The van der Waals surface area contributed by atoms with Crippen LogP contribution < -0.4 is 15.4 Å². The molecule has 0 aliphatic heterocycles. The van der Waals surface area contributed by atoms with Gasteiger partial charge in [-0.2, -0.15) is 0 Å². The Kier molecular flexibility index (Phi) is 4.84. The number of urea groups is 1. The number of ether oxygens (including phenoxy) is 1. The van der Waals surface area contributed by atoms with Crippen LogP contribution in [-0.4, -0.2) is 11.0 Å². The van der Waals surface area contributed by atoms with Gasteiger partial charge in [0.05, 0.1) is 11.9 Å². The average Bonchev–Trinajstić information content (AvgIpc) is 2.59. The molecule has 3 rings (SSSR count). The van der Waals surface area contributed by atoms with Crippen molar-refractivity contribution in [2.75, 3.05) is 10.6 Å². The Bertz CT molecular complexity index is 868. The number of aromatic nitrogens is 1. The average molecular weight is 341 g/mol. The van der Waals surface area contributed by atoms with Crippen molar-refractivity contribution in [2.24, 2.45) is 0 Å². The van der Waals surface area contributed by atoms with Crippen molar-refractivity contribution in [2.45, 2.75) is 0 Å². The van der Waals surface area contributed by atoms with Crippen LogP contribution in [0.15, 0.2) is 66.9 Å². The van der Waals surface area contributed by atoms with Crippen LogP contribution in [0.3, 0.4) is 0 Å². The number of nitrogens with zero attached hydrogens (tertiary/aromatic N) is 1. The molecule has 126 valence electrons. The molecule has 0 bridgehead atoms. The second-order valence-corrected chi connectivity index (χ2v) is 5.03. The first kappa shape index (κ1) is 16.4. The first-order valence-corrected chi connectivity index (χ1v) is 7.31. The molecule has 0 unspecified atom stereocenters. The lowest BCUT2D eigenvalue weighted by molar-refractivity contribution is 0.262. The first-order valence-electron chi connectivity index (χ1n) is 7.31. The van der Waals surface area contributed by atoms with E-state index >= 15 is 0 Å². The van der Waals surface area contributed by atoms with Crippen molar-refractivity contribution in [3.8, 4) is 11.6 Å². The summed E-state index contributed by atoms with van der Waals surface area (Å²) in [4.78, 5) is 15.9. The summed E-state index contributed by atoms with van der Waals surface area (Å²) in [5, 5.41) is 5.14. The van der Waals surface area contributed by atoms with E-state index in [0.717, 1.165) is 0 Å². The fraction of sp³-hybridized carbons (Fsp3) is 0. The van der Waals surface area contributed by atoms with E-state index in [1.807, 2.05) is 0 Å². The van der Waals surface area contributed by atoms with Gasteiger partial charge < -0.3 is 15.4 Å². The third-order valence-corrected chi connectivity index (χ3v) is 3.11. The number of carbonyl (C=O) groups excluding carboxylic acids is 1. The minimum absolute atomic E-state index is 0.259. The van der Waals surface area contributed by atoms with Gasteiger partial charge in [0.1, 0.15) is 17.4 Å². The number of benzene rings is 2. The molecule has 2 amide bonds. The molecule has 1 heterocycles. The van der Waals surface area contributed by atoms with Gasteiger partial charge in [-0.05, 0) is 42.5 Å². The highest BCUT2D eigenvalue weighted by Crippen LogP contribution is 2.21. The summed E-state index contributed by atoms with van der Waals surface area (Å²) < 4.78 is 31.3. The molecule has 2 N–H and O–H groups in total. The van der Waals surface area contributed by atoms with E-state index < -0.39 is 11.8 Å². The maximum Gasteiger partial charge on any atom is 0.323 e. The molecule has 25 heavy (non-hydrogen) atoms. The Hall–Kier alpha value is -3.48. The number of amides is 2. The molecule has 5 nitrogen and oxygen atoms in total. The van der Waals surface area contributed by atoms with Crippen molar-refractivity contribution >= 4 is 17.4 Å². The summed E-state index contributed by atoms with van der Waals surface area (Å²) in [5.74, 6) is -0.213. The van der Waals surface area contributed by atoms with Crippen LogP contribution in [0.1, 0.15) is 0 Å². The summed E-state index contributed by atoms with van der Waals surface area (Å²) in [5.41, 5.74) is 0.893. The van der Waals surface area contributed by atoms with E-state index in [1.54, 1.807) is 18.2 Å². The largest absolute Gasteiger partial charge is 0.439 e. The number of nitrogens with one attached hydrogen (secondary N) is 2. The molecule has 0 atom stereocenters. The lowest BCUT2D eigenvalue weighted by Crippen LogP contribution is -2.19. The first-order chi connectivity index (χ1) is 12.1. The van der Waals surface area contributed by atoms with Crippen molar-refractivity contribution < 1.29 is 18.3 Å². The molecule has 2 aromatic carbocycles. The summed E-state index contributed by atoms with van der Waals surface area (Å²) >= 11 is 0. The van der Waals surface area contributed by atoms with Gasteiger partial charge in [0.15, 0.2) is 0 Å². The molecule has 0 saturated heterocycles. The molecule has 3 aromatic rings. The van der Waals surface area contributed by atoms with Crippen molar-refractivity contribution in [1.82, 2.24) is 4.98 Å². The molecule has 1 aromatic heterocycles. The van der Waals surface area contributed by atoms with Crippen LogP contribution >= 0.6 is 0 Å². The molecular formula is C18H13F2N3O2. The Labute approximate surface area is 142 Å². The fourth-order valence-electron chi connectivity index (χ4n) is 1.99. The Morgan fingerprint density at radius 2 is 1.60 bits per heavy atom. The quantitative estimate of drug-likeness (QED) is 0.717. The van der Waals surface area contributed by atoms with Crippen LogP contribution in [0.25, 0.3) is 0 Å². The fourth-order valence-corrected chi connectivity index (χ4v) is 1.99. The lowest BCUT2D eigenvalue weighted by atomic mass is 10.3. The number of anilines is 2. The molecule has 0 aliphatic carbocycles. The SMILES string of the molecule is O=C(Nc1ccc(F)cc1)Nc1ccc(Oc2cccc(F)c2)nc1. The summed E-state index contributed by atoms with van der Waals surface area (Å²) in [6.07, 6.45) is 1.40. The number of rotatable bonds is 4. The van der Waals surface area contributed by atoms with Gasteiger partial charge in [0.2, 0.25) is 5.88 Å². The Morgan fingerprint density at radius 1 is 0.880 bits per heavy atom. The smallest absolute Gasteiger partial charge is 0.323 e. The molecule has 0 fully saturated rings. The van der Waals surface area contributed by atoms with Gasteiger partial charge in [0, 0.05) is 17.8 Å². The van der Waals surface area contributed by atoms with E-state index in [0.29, 0.717) is 17.1 Å². The summed E-state index contributed by atoms with van der Waals surface area (Å²) in [7, 11) is 0. The van der Waals surface area contributed by atoms with Gasteiger partial charge in [-0.25, -0.2) is 18.6 Å². The van der Waals surface area contributed by atoms with Crippen LogP contribution in [0.5, 0.6) is 11.6 Å². The van der Waals surface area contributed by atoms with Crippen LogP contribution in [0.4, 0.5) is 25.0 Å². The zero-order valence-electron chi connectivity index (χ0n) is 12.9. The van der Waals surface area contributed by atoms with Gasteiger partial charge in [-0.3, -0.25) is 0 Å². The minimum Gasteiger partial charge on any atom is -0.439 e. The van der Waals surface area contributed by atoms with Crippen molar-refractivity contribution in [3.05, 3.63) is 78.5 Å². The minimum atomic E-state index is -0.493. The highest BCUT2D eigenvalue weighted by atomic mass is 19.1. The van der Waals surface area contributed by atoms with E-state index in [1.165, 1.54) is 48.7 Å². The number of carbonyl (C=O) groups is 1. The molecule has 0 aliphatic rings. The Morgan fingerprint density at radius 3 is 2.28 bits per heavy atom. The second-order valence-electron chi connectivity index (χ2n) is 5.03. The van der Waals surface area contributed by atoms with Crippen LogP contribution in [-0.2, 0) is 0 Å². The number of pyridine rings is 1. The maximum atomic E-state index is 13.1. The molecule has 0 spiro atoms. The van der Waals surface area contributed by atoms with E-state index in [4.69, 9.17) is 4.74 Å². The lowest BCUT2D eigenvalue weighted by Gasteiger charge is -2.08. The molecular weight excluding hydrogens is 328 g/mol. The predicted octanol–water partition coefficient (Wildman–Crippen LogP) is 4.80. The van der Waals surface area contributed by atoms with Crippen molar-refractivity contribution in [1.29, 1.82) is 0 Å². The number of hydrogen-bond acceptors (Lipinski definition) is 3. The van der Waals surface area contributed by atoms with Gasteiger partial charge in [-0.1, -0.05) is 6.07 Å². The summed E-state index contributed by atoms with van der Waals surface area (Å²) in [6.45, 7) is 0. The molecule has 0 radical (unpaired) electrons. The Balaban J connectivity index is 1.58. The van der Waals surface area contributed by atoms with Crippen LogP contribution in [0, 0.1) is 11.6 Å². The molecule has 0 saturated carbocycles. The van der Waals surface area contributed by atoms with E-state index in [2.05, 4.69) is 15.6 Å². The highest BCUT2D eigenvalue weighted by Gasteiger charge is 2.05. The third kappa shape index (κ3) is 4.74. The second kappa shape index (κ2) is 7.39. The van der Waals surface area contributed by atoms with Gasteiger partial charge in [0.25, 0.3) is 0 Å². The summed E-state index contributed by atoms with van der Waals surface area (Å²) in [6, 6.07) is 13.7. The van der Waals surface area contributed by atoms with Gasteiger partial charge >= 0.3 is 6.03 Å². The zero-order valence-corrected chi connectivity index (χ0v) is 12.9. The number of hydrogen-bond donors (Lipinski definition) is 2. The monoisotopic (exact) mass is 341 g/mol. The normalized spacial score (nSPS) is 10.2. The zero-order chi connectivity index (χ0) is 17.6. The van der Waals surface area contributed by atoms with E-state index in [9.17, 15) is 13.6 Å². The van der Waals surface area contributed by atoms with Gasteiger partial charge in [-0.15, -0.1) is 0 Å². The predicted molar refractivity (Wildman–Crippen MR) is 89.8 cm³/mol. The topological polar surface area (TPSA) is 63.2 Å². The number of halogens is 2. The standard InChI is InChI=1S/C18H13F2N3O2/c19-12-4-6-14(7-5-12)22-18(24)23-15-8-9-17(21-11-15)25-16-3-1-2-13(20)10-16/h1-11H,(H2,22,23,24).